The highest BCUT2D eigenvalue weighted by Crippen LogP contribution is 2.36. The molecule has 6 heteroatoms. The van der Waals surface area contributed by atoms with Gasteiger partial charge in [0.25, 0.3) is 0 Å². The van der Waals surface area contributed by atoms with Gasteiger partial charge in [-0.05, 0) is 37.0 Å². The smallest absolute Gasteiger partial charge is 0.231 e. The molecule has 0 saturated heterocycles. The van der Waals surface area contributed by atoms with Crippen molar-refractivity contribution >= 4 is 12.4 Å². The van der Waals surface area contributed by atoms with Crippen LogP contribution in [0.2, 0.25) is 0 Å². The second kappa shape index (κ2) is 5.81. The summed E-state index contributed by atoms with van der Waals surface area (Å²) in [6, 6.07) is 7.83. The van der Waals surface area contributed by atoms with Crippen molar-refractivity contribution in [2.45, 2.75) is 31.2 Å². The Morgan fingerprint density at radius 3 is 2.85 bits per heavy atom. The molecular weight excluding hydrogens is 278 g/mol. The highest BCUT2D eigenvalue weighted by molar-refractivity contribution is 5.85. The normalized spacial score (nSPS) is 16.1. The summed E-state index contributed by atoms with van der Waals surface area (Å²) in [4.78, 5) is 4.41. The Labute approximate surface area is 123 Å². The monoisotopic (exact) mass is 295 g/mol. The van der Waals surface area contributed by atoms with Gasteiger partial charge in [-0.1, -0.05) is 17.3 Å². The fourth-order valence-electron chi connectivity index (χ4n) is 2.27. The number of nitrogens with two attached hydrogens (primary N) is 1. The van der Waals surface area contributed by atoms with Crippen molar-refractivity contribution in [3.8, 4) is 5.75 Å². The number of aromatic nitrogens is 2. The molecule has 2 aromatic rings. The van der Waals surface area contributed by atoms with E-state index in [1.807, 2.05) is 24.3 Å². The molecule has 1 heterocycles. The number of ether oxygens (including phenoxy) is 1. The molecule has 20 heavy (non-hydrogen) atoms. The number of hydrogen-bond acceptors (Lipinski definition) is 5. The van der Waals surface area contributed by atoms with Gasteiger partial charge in [0.2, 0.25) is 5.89 Å². The average molecular weight is 296 g/mol. The molecule has 1 aliphatic rings. The summed E-state index contributed by atoms with van der Waals surface area (Å²) < 4.78 is 10.5. The van der Waals surface area contributed by atoms with Gasteiger partial charge in [-0.15, -0.1) is 12.4 Å². The third-order valence-corrected chi connectivity index (χ3v) is 3.65. The lowest BCUT2D eigenvalue weighted by Gasteiger charge is -2.34. The van der Waals surface area contributed by atoms with Crippen molar-refractivity contribution in [2.24, 2.45) is 5.73 Å². The SMILES string of the molecule is COc1cccc(Cc2nc(C3(N)CCC3)no2)c1.Cl. The van der Waals surface area contributed by atoms with E-state index in [4.69, 9.17) is 15.0 Å². The summed E-state index contributed by atoms with van der Waals surface area (Å²) >= 11 is 0. The van der Waals surface area contributed by atoms with Crippen LogP contribution in [0, 0.1) is 0 Å². The van der Waals surface area contributed by atoms with Gasteiger partial charge in [0.1, 0.15) is 5.75 Å². The van der Waals surface area contributed by atoms with Gasteiger partial charge in [0.15, 0.2) is 5.82 Å². The van der Waals surface area contributed by atoms with E-state index < -0.39 is 0 Å². The van der Waals surface area contributed by atoms with Crippen LogP contribution in [-0.2, 0) is 12.0 Å². The number of benzene rings is 1. The Hall–Kier alpha value is -1.59. The summed E-state index contributed by atoms with van der Waals surface area (Å²) in [5.74, 6) is 2.06. The first kappa shape index (κ1) is 14.8. The zero-order chi connectivity index (χ0) is 13.3. The zero-order valence-corrected chi connectivity index (χ0v) is 12.2. The largest absolute Gasteiger partial charge is 0.497 e. The summed E-state index contributed by atoms with van der Waals surface area (Å²) in [5.41, 5.74) is 6.88. The number of halogens is 1. The average Bonchev–Trinajstić information content (AvgIpc) is 2.85. The Bertz CT molecular complexity index is 581. The maximum Gasteiger partial charge on any atom is 0.231 e. The summed E-state index contributed by atoms with van der Waals surface area (Å²) in [7, 11) is 1.65. The molecule has 1 saturated carbocycles. The van der Waals surface area contributed by atoms with Crippen LogP contribution in [0.3, 0.4) is 0 Å². The van der Waals surface area contributed by atoms with E-state index in [2.05, 4.69) is 10.1 Å². The van der Waals surface area contributed by atoms with E-state index in [1.54, 1.807) is 7.11 Å². The van der Waals surface area contributed by atoms with Crippen LogP contribution < -0.4 is 10.5 Å². The maximum absolute atomic E-state index is 6.17. The predicted octanol–water partition coefficient (Wildman–Crippen LogP) is 2.43. The van der Waals surface area contributed by atoms with Crippen molar-refractivity contribution in [3.63, 3.8) is 0 Å². The molecule has 0 radical (unpaired) electrons. The van der Waals surface area contributed by atoms with Gasteiger partial charge in [0.05, 0.1) is 19.1 Å². The van der Waals surface area contributed by atoms with Crippen molar-refractivity contribution in [1.29, 1.82) is 0 Å². The van der Waals surface area contributed by atoms with E-state index in [-0.39, 0.29) is 17.9 Å². The molecule has 3 rings (SSSR count). The van der Waals surface area contributed by atoms with E-state index >= 15 is 0 Å². The molecule has 5 nitrogen and oxygen atoms in total. The summed E-state index contributed by atoms with van der Waals surface area (Å²) in [6.07, 6.45) is 3.60. The van der Waals surface area contributed by atoms with Crippen LogP contribution in [0.25, 0.3) is 0 Å². The molecule has 0 unspecified atom stereocenters. The van der Waals surface area contributed by atoms with Gasteiger partial charge < -0.3 is 15.0 Å². The fraction of sp³-hybridized carbons (Fsp3) is 0.429. The third kappa shape index (κ3) is 2.78. The van der Waals surface area contributed by atoms with Gasteiger partial charge >= 0.3 is 0 Å². The molecule has 1 aromatic heterocycles. The van der Waals surface area contributed by atoms with Crippen molar-refractivity contribution in [2.75, 3.05) is 7.11 Å². The number of methoxy groups -OCH3 is 1. The fourth-order valence-corrected chi connectivity index (χ4v) is 2.27. The molecule has 2 N–H and O–H groups in total. The molecule has 108 valence electrons. The third-order valence-electron chi connectivity index (χ3n) is 3.65. The molecule has 1 aromatic carbocycles. The van der Waals surface area contributed by atoms with Gasteiger partial charge in [-0.3, -0.25) is 0 Å². The summed E-state index contributed by atoms with van der Waals surface area (Å²) in [6.45, 7) is 0. The molecule has 0 spiro atoms. The molecule has 1 fully saturated rings. The minimum atomic E-state index is -0.365. The van der Waals surface area contributed by atoms with Crippen LogP contribution in [0.1, 0.15) is 36.5 Å². The predicted molar refractivity (Wildman–Crippen MR) is 77.1 cm³/mol. The van der Waals surface area contributed by atoms with Gasteiger partial charge in [-0.25, -0.2) is 0 Å². The second-order valence-corrected chi connectivity index (χ2v) is 5.05. The topological polar surface area (TPSA) is 74.2 Å². The molecule has 1 aliphatic carbocycles. The molecule has 0 aliphatic heterocycles. The van der Waals surface area contributed by atoms with Crippen LogP contribution in [0.15, 0.2) is 28.8 Å². The Morgan fingerprint density at radius 1 is 1.40 bits per heavy atom. The number of nitrogens with zero attached hydrogens (tertiary/aromatic N) is 2. The van der Waals surface area contributed by atoms with Crippen molar-refractivity contribution in [3.05, 3.63) is 41.5 Å². The minimum Gasteiger partial charge on any atom is -0.497 e. The Morgan fingerprint density at radius 2 is 2.20 bits per heavy atom. The van der Waals surface area contributed by atoms with E-state index in [0.29, 0.717) is 18.1 Å². The summed E-state index contributed by atoms with van der Waals surface area (Å²) in [5, 5.41) is 4.01. The lowest BCUT2D eigenvalue weighted by molar-refractivity contribution is 0.229. The zero-order valence-electron chi connectivity index (χ0n) is 11.3. The quantitative estimate of drug-likeness (QED) is 0.937. The van der Waals surface area contributed by atoms with Gasteiger partial charge in [0, 0.05) is 0 Å². The van der Waals surface area contributed by atoms with Crippen LogP contribution >= 0.6 is 12.4 Å². The van der Waals surface area contributed by atoms with E-state index in [1.165, 1.54) is 0 Å². The number of hydrogen-bond donors (Lipinski definition) is 1. The van der Waals surface area contributed by atoms with Crippen LogP contribution in [-0.4, -0.2) is 17.3 Å². The highest BCUT2D eigenvalue weighted by Gasteiger charge is 2.38. The lowest BCUT2D eigenvalue weighted by Crippen LogP contribution is -2.44. The van der Waals surface area contributed by atoms with Gasteiger partial charge in [-0.2, -0.15) is 4.98 Å². The van der Waals surface area contributed by atoms with E-state index in [9.17, 15) is 0 Å². The first-order chi connectivity index (χ1) is 9.19. The second-order valence-electron chi connectivity index (χ2n) is 5.05. The highest BCUT2D eigenvalue weighted by atomic mass is 35.5. The first-order valence-corrected chi connectivity index (χ1v) is 6.44. The molecule has 0 bridgehead atoms. The van der Waals surface area contributed by atoms with Crippen LogP contribution in [0.5, 0.6) is 5.75 Å². The molecule has 0 amide bonds. The Balaban J connectivity index is 0.00000147. The Kier molecular flexibility index (Phi) is 4.30. The number of rotatable bonds is 4. The molecule has 0 atom stereocenters. The van der Waals surface area contributed by atoms with E-state index in [0.717, 1.165) is 30.6 Å². The van der Waals surface area contributed by atoms with Crippen molar-refractivity contribution < 1.29 is 9.26 Å². The first-order valence-electron chi connectivity index (χ1n) is 6.44. The van der Waals surface area contributed by atoms with Crippen LogP contribution in [0.4, 0.5) is 0 Å². The standard InChI is InChI=1S/C14H17N3O2.ClH/c1-18-11-5-2-4-10(8-11)9-12-16-13(17-19-12)14(15)6-3-7-14;/h2,4-5,8H,3,6-7,9,15H2,1H3;1H. The maximum atomic E-state index is 6.17. The minimum absolute atomic E-state index is 0. The van der Waals surface area contributed by atoms with Crippen molar-refractivity contribution in [1.82, 2.24) is 10.1 Å². The molecular formula is C14H18ClN3O2. The lowest BCUT2D eigenvalue weighted by atomic mass is 9.77.